The third-order valence-corrected chi connectivity index (χ3v) is 2.14. The number of hydrogen-bond acceptors (Lipinski definition) is 2. The lowest BCUT2D eigenvalue weighted by Gasteiger charge is -2.06. The monoisotopic (exact) mass is 186 g/mol. The van der Waals surface area contributed by atoms with Gasteiger partial charge in [-0.15, -0.1) is 0 Å². The molecule has 12 heavy (non-hydrogen) atoms. The van der Waals surface area contributed by atoms with Gasteiger partial charge in [0.1, 0.15) is 5.82 Å². The minimum absolute atomic E-state index is 0.0303. The van der Waals surface area contributed by atoms with Crippen LogP contribution in [0.2, 0.25) is 5.02 Å². The molecule has 64 valence electrons. The molecule has 0 bridgehead atoms. The van der Waals surface area contributed by atoms with Crippen LogP contribution in [0.4, 0.5) is 10.1 Å². The Morgan fingerprint density at radius 3 is 2.75 bits per heavy atom. The molecule has 0 aromatic heterocycles. The second kappa shape index (κ2) is 3.11. The first-order chi connectivity index (χ1) is 5.57. The summed E-state index contributed by atoms with van der Waals surface area (Å²) in [4.78, 5) is 0. The molecule has 0 unspecified atom stereocenters. The average Bonchev–Trinajstić information content (AvgIpc) is 2.01. The van der Waals surface area contributed by atoms with E-state index in [1.807, 2.05) is 0 Å². The minimum Gasteiger partial charge on any atom is -0.398 e. The van der Waals surface area contributed by atoms with E-state index in [4.69, 9.17) is 22.7 Å². The molecule has 0 heterocycles. The summed E-state index contributed by atoms with van der Waals surface area (Å²) in [6.45, 7) is 1.63. The highest BCUT2D eigenvalue weighted by molar-refractivity contribution is 6.32. The number of anilines is 1. The smallest absolute Gasteiger partial charge is 0.144 e. The maximum atomic E-state index is 12.9. The fourth-order valence-corrected chi connectivity index (χ4v) is 1.14. The number of hydrogen-bond donors (Lipinski definition) is 2. The molecule has 0 saturated heterocycles. The fraction of sp³-hybridized carbons (Fsp3) is 0.125. The van der Waals surface area contributed by atoms with Gasteiger partial charge in [-0.3, -0.25) is 0 Å². The van der Waals surface area contributed by atoms with Crippen molar-refractivity contribution in [1.82, 2.24) is 0 Å². The van der Waals surface area contributed by atoms with Gasteiger partial charge in [0.2, 0.25) is 0 Å². The van der Waals surface area contributed by atoms with Gasteiger partial charge in [-0.25, -0.2) is 4.39 Å². The molecule has 0 aliphatic rings. The Kier molecular flexibility index (Phi) is 2.33. The highest BCUT2D eigenvalue weighted by Crippen LogP contribution is 2.26. The van der Waals surface area contributed by atoms with E-state index in [0.717, 1.165) is 12.3 Å². The van der Waals surface area contributed by atoms with Crippen molar-refractivity contribution in [2.75, 3.05) is 5.73 Å². The first-order valence-corrected chi connectivity index (χ1v) is 3.70. The summed E-state index contributed by atoms with van der Waals surface area (Å²) in [6.07, 6.45) is 1.07. The molecule has 0 aliphatic heterocycles. The number of nitrogens with two attached hydrogens (primary N) is 1. The van der Waals surface area contributed by atoms with Crippen molar-refractivity contribution in [1.29, 1.82) is 5.41 Å². The van der Waals surface area contributed by atoms with Crippen LogP contribution in [0.3, 0.4) is 0 Å². The maximum absolute atomic E-state index is 12.9. The first kappa shape index (κ1) is 9.00. The molecule has 3 N–H and O–H groups in total. The molecule has 0 atom stereocenters. The summed E-state index contributed by atoms with van der Waals surface area (Å²) in [5.41, 5.74) is 6.67. The van der Waals surface area contributed by atoms with E-state index in [0.29, 0.717) is 11.1 Å². The van der Waals surface area contributed by atoms with Crippen molar-refractivity contribution in [2.24, 2.45) is 0 Å². The Bertz CT molecular complexity index is 336. The number of nitrogen functional groups attached to an aromatic ring is 1. The molecular formula is C8H8ClFN2. The SMILES string of the molecule is Cc1c(Cl)c(F)cc(N)c1C=N. The van der Waals surface area contributed by atoms with Gasteiger partial charge in [-0.05, 0) is 18.6 Å². The maximum Gasteiger partial charge on any atom is 0.144 e. The number of nitrogens with one attached hydrogen (secondary N) is 1. The van der Waals surface area contributed by atoms with Gasteiger partial charge in [0.25, 0.3) is 0 Å². The Morgan fingerprint density at radius 1 is 1.67 bits per heavy atom. The molecule has 1 aromatic rings. The zero-order valence-corrected chi connectivity index (χ0v) is 7.24. The molecule has 0 saturated carbocycles. The van der Waals surface area contributed by atoms with E-state index in [-0.39, 0.29) is 10.7 Å². The molecule has 4 heteroatoms. The summed E-state index contributed by atoms with van der Waals surface area (Å²) in [5.74, 6) is -0.544. The Morgan fingerprint density at radius 2 is 2.25 bits per heavy atom. The summed E-state index contributed by atoms with van der Waals surface area (Å²) in [7, 11) is 0. The van der Waals surface area contributed by atoms with Crippen LogP contribution in [0.15, 0.2) is 6.07 Å². The van der Waals surface area contributed by atoms with Crippen molar-refractivity contribution in [3.63, 3.8) is 0 Å². The quantitative estimate of drug-likeness (QED) is 0.514. The van der Waals surface area contributed by atoms with Crippen molar-refractivity contribution >= 4 is 23.5 Å². The Labute approximate surface area is 74.7 Å². The first-order valence-electron chi connectivity index (χ1n) is 3.32. The topological polar surface area (TPSA) is 49.9 Å². The van der Waals surface area contributed by atoms with E-state index in [9.17, 15) is 4.39 Å². The van der Waals surface area contributed by atoms with Crippen LogP contribution < -0.4 is 5.73 Å². The Hall–Kier alpha value is -1.09. The van der Waals surface area contributed by atoms with Crippen LogP contribution in [0.5, 0.6) is 0 Å². The lowest BCUT2D eigenvalue weighted by molar-refractivity contribution is 0.627. The number of halogens is 2. The zero-order valence-electron chi connectivity index (χ0n) is 6.49. The summed E-state index contributed by atoms with van der Waals surface area (Å²) in [6, 6.07) is 1.12. The molecule has 1 rings (SSSR count). The normalized spacial score (nSPS) is 9.92. The molecule has 0 fully saturated rings. The third-order valence-electron chi connectivity index (χ3n) is 1.68. The molecule has 2 nitrogen and oxygen atoms in total. The van der Waals surface area contributed by atoms with E-state index >= 15 is 0 Å². The standard InChI is InChI=1S/C8H8ClFN2/c1-4-5(3-11)7(12)2-6(10)8(4)9/h2-3,11H,12H2,1H3. The van der Waals surface area contributed by atoms with Crippen LogP contribution >= 0.6 is 11.6 Å². The highest BCUT2D eigenvalue weighted by Gasteiger charge is 2.09. The van der Waals surface area contributed by atoms with Gasteiger partial charge < -0.3 is 11.1 Å². The van der Waals surface area contributed by atoms with Crippen molar-refractivity contribution in [3.8, 4) is 0 Å². The second-order valence-corrected chi connectivity index (χ2v) is 2.82. The van der Waals surface area contributed by atoms with Gasteiger partial charge in [0.15, 0.2) is 0 Å². The van der Waals surface area contributed by atoms with Gasteiger partial charge in [-0.1, -0.05) is 11.6 Å². The molecule has 0 amide bonds. The predicted octanol–water partition coefficient (Wildman–Crippen LogP) is 2.37. The molecule has 0 radical (unpaired) electrons. The molecule has 0 spiro atoms. The van der Waals surface area contributed by atoms with E-state index < -0.39 is 5.82 Å². The number of benzene rings is 1. The Balaban J connectivity index is 3.51. The largest absolute Gasteiger partial charge is 0.398 e. The van der Waals surface area contributed by atoms with E-state index in [1.165, 1.54) is 0 Å². The molecule has 0 aliphatic carbocycles. The van der Waals surface area contributed by atoms with Crippen LogP contribution in [0.25, 0.3) is 0 Å². The summed E-state index contributed by atoms with van der Waals surface area (Å²) < 4.78 is 12.9. The summed E-state index contributed by atoms with van der Waals surface area (Å²) >= 11 is 5.60. The van der Waals surface area contributed by atoms with Crippen molar-refractivity contribution < 1.29 is 4.39 Å². The molecule has 1 aromatic carbocycles. The van der Waals surface area contributed by atoms with Gasteiger partial charge in [-0.2, -0.15) is 0 Å². The van der Waals surface area contributed by atoms with Crippen molar-refractivity contribution in [2.45, 2.75) is 6.92 Å². The van der Waals surface area contributed by atoms with Crippen LogP contribution in [0, 0.1) is 18.2 Å². The second-order valence-electron chi connectivity index (χ2n) is 2.44. The van der Waals surface area contributed by atoms with E-state index in [1.54, 1.807) is 6.92 Å². The third kappa shape index (κ3) is 1.28. The highest BCUT2D eigenvalue weighted by atomic mass is 35.5. The predicted molar refractivity (Wildman–Crippen MR) is 48.4 cm³/mol. The van der Waals surface area contributed by atoms with Crippen LogP contribution in [0.1, 0.15) is 11.1 Å². The van der Waals surface area contributed by atoms with Crippen molar-refractivity contribution in [3.05, 3.63) is 28.0 Å². The van der Waals surface area contributed by atoms with Crippen LogP contribution in [-0.4, -0.2) is 6.21 Å². The zero-order chi connectivity index (χ0) is 9.30. The average molecular weight is 187 g/mol. The fourth-order valence-electron chi connectivity index (χ4n) is 0.983. The minimum atomic E-state index is -0.544. The lowest BCUT2D eigenvalue weighted by Crippen LogP contribution is -1.98. The number of rotatable bonds is 1. The van der Waals surface area contributed by atoms with Gasteiger partial charge >= 0.3 is 0 Å². The van der Waals surface area contributed by atoms with Gasteiger partial charge in [0.05, 0.1) is 5.02 Å². The summed E-state index contributed by atoms with van der Waals surface area (Å²) in [5, 5.41) is 7.04. The van der Waals surface area contributed by atoms with Gasteiger partial charge in [0, 0.05) is 17.5 Å². The van der Waals surface area contributed by atoms with Crippen LogP contribution in [-0.2, 0) is 0 Å². The lowest BCUT2D eigenvalue weighted by atomic mass is 10.1. The van der Waals surface area contributed by atoms with E-state index in [2.05, 4.69) is 0 Å². The molecular weight excluding hydrogens is 179 g/mol.